The summed E-state index contributed by atoms with van der Waals surface area (Å²) in [7, 11) is 0. The predicted molar refractivity (Wildman–Crippen MR) is 122 cm³/mol. The van der Waals surface area contributed by atoms with E-state index in [2.05, 4.69) is 45.4 Å². The molecule has 7 heteroatoms. The molecule has 0 unspecified atom stereocenters. The number of amides is 1. The minimum absolute atomic E-state index is 0.0180. The van der Waals surface area contributed by atoms with Crippen LogP contribution in [0, 0.1) is 10.1 Å². The lowest BCUT2D eigenvalue weighted by molar-refractivity contribution is -0.384. The summed E-state index contributed by atoms with van der Waals surface area (Å²) < 4.78 is 0. The second kappa shape index (κ2) is 9.14. The number of nitrogens with zero attached hydrogens (tertiary/aromatic N) is 3. The van der Waals surface area contributed by atoms with Crippen molar-refractivity contribution in [3.8, 4) is 0 Å². The number of anilines is 1. The number of rotatable bonds is 6. The maximum absolute atomic E-state index is 12.6. The molecule has 0 radical (unpaired) electrons. The molecule has 160 valence electrons. The van der Waals surface area contributed by atoms with Gasteiger partial charge in [-0.05, 0) is 41.5 Å². The number of nitro benzene ring substituents is 1. The number of benzene rings is 3. The van der Waals surface area contributed by atoms with Crippen LogP contribution >= 0.6 is 0 Å². The van der Waals surface area contributed by atoms with Crippen molar-refractivity contribution in [3.05, 3.63) is 82.4 Å². The van der Waals surface area contributed by atoms with Crippen molar-refractivity contribution in [1.29, 1.82) is 0 Å². The molecular weight excluding hydrogens is 392 g/mol. The molecule has 0 aromatic heterocycles. The molecule has 1 heterocycles. The lowest BCUT2D eigenvalue weighted by Gasteiger charge is -2.35. The fraction of sp³-hybridized carbons (Fsp3) is 0.292. The van der Waals surface area contributed by atoms with Crippen molar-refractivity contribution < 1.29 is 9.72 Å². The maximum Gasteiger partial charge on any atom is 0.269 e. The Morgan fingerprint density at radius 3 is 2.35 bits per heavy atom. The van der Waals surface area contributed by atoms with Gasteiger partial charge in [-0.1, -0.05) is 36.4 Å². The minimum atomic E-state index is -0.390. The van der Waals surface area contributed by atoms with E-state index in [0.29, 0.717) is 6.54 Å². The van der Waals surface area contributed by atoms with Crippen LogP contribution in [0.5, 0.6) is 0 Å². The second-order valence-corrected chi connectivity index (χ2v) is 7.93. The Labute approximate surface area is 181 Å². The molecule has 1 atom stereocenters. The smallest absolute Gasteiger partial charge is 0.269 e. The third-order valence-corrected chi connectivity index (χ3v) is 5.82. The first-order valence-corrected chi connectivity index (χ1v) is 10.5. The van der Waals surface area contributed by atoms with Gasteiger partial charge in [0.15, 0.2) is 0 Å². The number of fused-ring (bicyclic) bond motifs is 1. The van der Waals surface area contributed by atoms with E-state index in [9.17, 15) is 14.9 Å². The summed E-state index contributed by atoms with van der Waals surface area (Å²) in [6.07, 6.45) is 0. The van der Waals surface area contributed by atoms with E-state index in [4.69, 9.17) is 0 Å². The van der Waals surface area contributed by atoms with Crippen LogP contribution in [0.3, 0.4) is 0 Å². The van der Waals surface area contributed by atoms with Gasteiger partial charge in [0.2, 0.25) is 5.91 Å². The zero-order valence-electron chi connectivity index (χ0n) is 17.5. The van der Waals surface area contributed by atoms with Gasteiger partial charge in [-0.2, -0.15) is 0 Å². The Hall–Kier alpha value is -3.45. The van der Waals surface area contributed by atoms with E-state index in [1.165, 1.54) is 22.9 Å². The molecule has 1 fully saturated rings. The summed E-state index contributed by atoms with van der Waals surface area (Å²) in [5, 5.41) is 16.3. The Morgan fingerprint density at radius 1 is 1.00 bits per heavy atom. The quantitative estimate of drug-likeness (QED) is 0.487. The fourth-order valence-electron chi connectivity index (χ4n) is 4.00. The highest BCUT2D eigenvalue weighted by Gasteiger charge is 2.20. The molecule has 31 heavy (non-hydrogen) atoms. The number of nitrogens with one attached hydrogen (secondary N) is 1. The van der Waals surface area contributed by atoms with Crippen LogP contribution in [0.4, 0.5) is 11.4 Å². The third-order valence-electron chi connectivity index (χ3n) is 5.82. The van der Waals surface area contributed by atoms with Gasteiger partial charge in [0, 0.05) is 44.0 Å². The zero-order chi connectivity index (χ0) is 21.8. The van der Waals surface area contributed by atoms with Gasteiger partial charge < -0.3 is 10.2 Å². The summed E-state index contributed by atoms with van der Waals surface area (Å²) in [6, 6.07) is 21.1. The fourth-order valence-corrected chi connectivity index (χ4v) is 4.00. The normalized spacial score (nSPS) is 15.6. The number of non-ortho nitro benzene ring substituents is 1. The van der Waals surface area contributed by atoms with Crippen LogP contribution in [0.2, 0.25) is 0 Å². The van der Waals surface area contributed by atoms with Crippen molar-refractivity contribution in [3.63, 3.8) is 0 Å². The van der Waals surface area contributed by atoms with Crippen LogP contribution < -0.4 is 10.2 Å². The van der Waals surface area contributed by atoms with E-state index in [0.717, 1.165) is 37.4 Å². The molecule has 1 amide bonds. The van der Waals surface area contributed by atoms with Crippen molar-refractivity contribution in [2.75, 3.05) is 37.6 Å². The van der Waals surface area contributed by atoms with Crippen molar-refractivity contribution in [2.24, 2.45) is 0 Å². The number of hydrogen-bond acceptors (Lipinski definition) is 5. The first kappa shape index (κ1) is 20.8. The maximum atomic E-state index is 12.6. The number of carbonyl (C=O) groups excluding carboxylic acids is 1. The number of nitro groups is 1. The second-order valence-electron chi connectivity index (χ2n) is 7.93. The highest BCUT2D eigenvalue weighted by Crippen LogP contribution is 2.22. The highest BCUT2D eigenvalue weighted by atomic mass is 16.6. The van der Waals surface area contributed by atoms with E-state index < -0.39 is 0 Å². The summed E-state index contributed by atoms with van der Waals surface area (Å²) >= 11 is 0. The van der Waals surface area contributed by atoms with Crippen LogP contribution in [0.15, 0.2) is 66.7 Å². The Bertz CT molecular complexity index is 1080. The molecule has 0 spiro atoms. The molecule has 1 aliphatic heterocycles. The molecule has 0 bridgehead atoms. The Balaban J connectivity index is 1.28. The van der Waals surface area contributed by atoms with Gasteiger partial charge in [-0.15, -0.1) is 0 Å². The Kier molecular flexibility index (Phi) is 6.13. The van der Waals surface area contributed by atoms with Crippen LogP contribution in [-0.4, -0.2) is 48.5 Å². The van der Waals surface area contributed by atoms with E-state index in [-0.39, 0.29) is 22.6 Å². The average Bonchev–Trinajstić information content (AvgIpc) is 2.79. The van der Waals surface area contributed by atoms with Gasteiger partial charge in [0.05, 0.1) is 17.5 Å². The molecule has 0 aliphatic carbocycles. The number of hydrogen-bond donors (Lipinski definition) is 1. The van der Waals surface area contributed by atoms with Gasteiger partial charge in [-0.3, -0.25) is 19.8 Å². The van der Waals surface area contributed by atoms with E-state index in [1.54, 1.807) is 12.1 Å². The van der Waals surface area contributed by atoms with Gasteiger partial charge in [0.25, 0.3) is 5.69 Å². The summed E-state index contributed by atoms with van der Waals surface area (Å²) in [5.74, 6) is 0.0180. The number of carbonyl (C=O) groups is 1. The lowest BCUT2D eigenvalue weighted by atomic mass is 10.0. The zero-order valence-corrected chi connectivity index (χ0v) is 17.5. The van der Waals surface area contributed by atoms with E-state index in [1.807, 2.05) is 19.1 Å². The third kappa shape index (κ3) is 5.00. The molecule has 1 saturated heterocycles. The molecule has 3 aromatic rings. The monoisotopic (exact) mass is 418 g/mol. The summed E-state index contributed by atoms with van der Waals surface area (Å²) in [5.41, 5.74) is 2.16. The van der Waals surface area contributed by atoms with Crippen LogP contribution in [-0.2, 0) is 4.79 Å². The van der Waals surface area contributed by atoms with Crippen molar-refractivity contribution >= 4 is 28.1 Å². The lowest BCUT2D eigenvalue weighted by Crippen LogP contribution is -2.49. The average molecular weight is 418 g/mol. The largest absolute Gasteiger partial charge is 0.369 e. The summed E-state index contributed by atoms with van der Waals surface area (Å²) in [4.78, 5) is 27.3. The van der Waals surface area contributed by atoms with E-state index >= 15 is 0 Å². The topological polar surface area (TPSA) is 78.7 Å². The van der Waals surface area contributed by atoms with Crippen LogP contribution in [0.1, 0.15) is 18.5 Å². The van der Waals surface area contributed by atoms with Gasteiger partial charge in [0.1, 0.15) is 0 Å². The standard InChI is InChI=1S/C24H26N4O3/c1-18(20-7-6-19-4-2-3-5-21(19)16-20)25-24(29)17-26-12-14-27(15-13-26)22-8-10-23(11-9-22)28(30)31/h2-11,16,18H,12-15,17H2,1H3,(H,25,29)/t18-/m0/s1. The SMILES string of the molecule is C[C@H](NC(=O)CN1CCN(c2ccc([N+](=O)[O-])cc2)CC1)c1ccc2ccccc2c1. The number of piperazine rings is 1. The van der Waals surface area contributed by atoms with Gasteiger partial charge >= 0.3 is 0 Å². The van der Waals surface area contributed by atoms with Crippen molar-refractivity contribution in [1.82, 2.24) is 10.2 Å². The molecule has 7 nitrogen and oxygen atoms in total. The molecule has 4 rings (SSSR count). The van der Waals surface area contributed by atoms with Crippen molar-refractivity contribution in [2.45, 2.75) is 13.0 Å². The molecule has 1 N–H and O–H groups in total. The van der Waals surface area contributed by atoms with Gasteiger partial charge in [-0.25, -0.2) is 0 Å². The Morgan fingerprint density at radius 2 is 1.68 bits per heavy atom. The molecule has 1 aliphatic rings. The molecular formula is C24H26N4O3. The summed E-state index contributed by atoms with van der Waals surface area (Å²) in [6.45, 7) is 5.49. The molecule has 3 aromatic carbocycles. The minimum Gasteiger partial charge on any atom is -0.369 e. The molecule has 0 saturated carbocycles. The van der Waals surface area contributed by atoms with Crippen LogP contribution in [0.25, 0.3) is 10.8 Å². The first-order valence-electron chi connectivity index (χ1n) is 10.5. The predicted octanol–water partition coefficient (Wildman–Crippen LogP) is 3.75. The first-order chi connectivity index (χ1) is 15.0. The highest BCUT2D eigenvalue weighted by molar-refractivity contribution is 5.83.